The van der Waals surface area contributed by atoms with Crippen LogP contribution < -0.4 is 4.74 Å². The molecule has 0 bridgehead atoms. The molecule has 0 radical (unpaired) electrons. The van der Waals surface area contributed by atoms with Crippen molar-refractivity contribution in [3.8, 4) is 5.75 Å². The minimum atomic E-state index is 0.0867. The first-order valence-electron chi connectivity index (χ1n) is 6.56. The molecular formula is C16H21NO2S. The van der Waals surface area contributed by atoms with Gasteiger partial charge in [0.15, 0.2) is 0 Å². The number of thioether (sulfide) groups is 1. The summed E-state index contributed by atoms with van der Waals surface area (Å²) in [7, 11) is 0. The first-order valence-corrected chi connectivity index (χ1v) is 7.55. The highest BCUT2D eigenvalue weighted by Crippen LogP contribution is 2.21. The van der Waals surface area contributed by atoms with Crippen LogP contribution in [0.4, 0.5) is 0 Å². The van der Waals surface area contributed by atoms with Gasteiger partial charge in [-0.1, -0.05) is 12.2 Å². The average molecular weight is 291 g/mol. The topological polar surface area (TPSA) is 29.5 Å². The molecule has 108 valence electrons. The van der Waals surface area contributed by atoms with Crippen molar-refractivity contribution < 1.29 is 9.53 Å². The van der Waals surface area contributed by atoms with Gasteiger partial charge in [-0.05, 0) is 31.2 Å². The van der Waals surface area contributed by atoms with Crippen LogP contribution in [0, 0.1) is 0 Å². The van der Waals surface area contributed by atoms with Crippen molar-refractivity contribution in [3.63, 3.8) is 0 Å². The first kappa shape index (κ1) is 16.4. The molecule has 0 aliphatic rings. The number of hydrogen-bond acceptors (Lipinski definition) is 3. The fourth-order valence-electron chi connectivity index (χ4n) is 1.62. The van der Waals surface area contributed by atoms with Gasteiger partial charge < -0.3 is 9.64 Å². The van der Waals surface area contributed by atoms with Gasteiger partial charge in [-0.3, -0.25) is 4.79 Å². The Bertz CT molecular complexity index is 432. The molecule has 3 nitrogen and oxygen atoms in total. The molecule has 0 N–H and O–H groups in total. The summed E-state index contributed by atoms with van der Waals surface area (Å²) in [6, 6.07) is 7.77. The zero-order valence-electron chi connectivity index (χ0n) is 11.9. The van der Waals surface area contributed by atoms with Gasteiger partial charge in [0.05, 0.1) is 12.4 Å². The largest absolute Gasteiger partial charge is 0.494 e. The standard InChI is InChI=1S/C16H21NO2S/c1-4-11-17(12-5-2)16(18)13-20-15-9-7-14(8-10-15)19-6-3/h4-5,7-10H,1-2,6,11-13H2,3H3. The summed E-state index contributed by atoms with van der Waals surface area (Å²) in [4.78, 5) is 14.8. The third kappa shape index (κ3) is 5.53. The smallest absolute Gasteiger partial charge is 0.233 e. The van der Waals surface area contributed by atoms with Crippen molar-refractivity contribution in [1.82, 2.24) is 4.90 Å². The second-order valence-corrected chi connectivity index (χ2v) is 5.12. The number of carbonyl (C=O) groups excluding carboxylic acids is 1. The second-order valence-electron chi connectivity index (χ2n) is 4.07. The fourth-order valence-corrected chi connectivity index (χ4v) is 2.43. The van der Waals surface area contributed by atoms with Gasteiger partial charge in [0.25, 0.3) is 0 Å². The zero-order chi connectivity index (χ0) is 14.8. The van der Waals surface area contributed by atoms with Crippen LogP contribution in [0.25, 0.3) is 0 Å². The van der Waals surface area contributed by atoms with E-state index >= 15 is 0 Å². The van der Waals surface area contributed by atoms with Crippen molar-refractivity contribution in [2.75, 3.05) is 25.4 Å². The van der Waals surface area contributed by atoms with E-state index in [1.807, 2.05) is 31.2 Å². The Morgan fingerprint density at radius 3 is 2.35 bits per heavy atom. The molecule has 1 rings (SSSR count). The minimum Gasteiger partial charge on any atom is -0.494 e. The Morgan fingerprint density at radius 2 is 1.85 bits per heavy atom. The Kier molecular flexibility index (Phi) is 7.58. The molecule has 4 heteroatoms. The highest BCUT2D eigenvalue weighted by atomic mass is 32.2. The van der Waals surface area contributed by atoms with Gasteiger partial charge in [0.2, 0.25) is 5.91 Å². The monoisotopic (exact) mass is 291 g/mol. The van der Waals surface area contributed by atoms with Crippen molar-refractivity contribution in [2.45, 2.75) is 11.8 Å². The third-order valence-corrected chi connectivity index (χ3v) is 3.55. The maximum Gasteiger partial charge on any atom is 0.233 e. The molecule has 1 amide bonds. The molecule has 0 aliphatic carbocycles. The van der Waals surface area contributed by atoms with Crippen LogP contribution in [0.5, 0.6) is 5.75 Å². The summed E-state index contributed by atoms with van der Waals surface area (Å²) in [5.41, 5.74) is 0. The summed E-state index contributed by atoms with van der Waals surface area (Å²) < 4.78 is 5.38. The summed E-state index contributed by atoms with van der Waals surface area (Å²) >= 11 is 1.52. The van der Waals surface area contributed by atoms with Crippen LogP contribution >= 0.6 is 11.8 Å². The molecule has 0 aromatic heterocycles. The molecule has 0 saturated heterocycles. The number of carbonyl (C=O) groups is 1. The molecule has 1 aromatic rings. The lowest BCUT2D eigenvalue weighted by atomic mass is 10.3. The second kappa shape index (κ2) is 9.26. The molecular weight excluding hydrogens is 270 g/mol. The van der Waals surface area contributed by atoms with Crippen LogP contribution in [-0.2, 0) is 4.79 Å². The van der Waals surface area contributed by atoms with E-state index in [0.717, 1.165) is 10.6 Å². The number of benzene rings is 1. The number of nitrogens with zero attached hydrogens (tertiary/aromatic N) is 1. The molecule has 0 saturated carbocycles. The highest BCUT2D eigenvalue weighted by Gasteiger charge is 2.10. The van der Waals surface area contributed by atoms with Crippen molar-refractivity contribution >= 4 is 17.7 Å². The van der Waals surface area contributed by atoms with E-state index in [0.29, 0.717) is 25.4 Å². The van der Waals surface area contributed by atoms with Crippen LogP contribution in [0.2, 0.25) is 0 Å². The van der Waals surface area contributed by atoms with E-state index in [-0.39, 0.29) is 5.91 Å². The van der Waals surface area contributed by atoms with Crippen molar-refractivity contribution in [1.29, 1.82) is 0 Å². The molecule has 20 heavy (non-hydrogen) atoms. The average Bonchev–Trinajstić information content (AvgIpc) is 2.46. The van der Waals surface area contributed by atoms with Crippen LogP contribution in [0.3, 0.4) is 0 Å². The van der Waals surface area contributed by atoms with Gasteiger partial charge in [-0.25, -0.2) is 0 Å². The molecule has 0 heterocycles. The predicted octanol–water partition coefficient (Wildman–Crippen LogP) is 3.38. The molecule has 0 spiro atoms. The van der Waals surface area contributed by atoms with E-state index in [9.17, 15) is 4.79 Å². The van der Waals surface area contributed by atoms with Gasteiger partial charge in [-0.2, -0.15) is 0 Å². The van der Waals surface area contributed by atoms with Crippen LogP contribution in [-0.4, -0.2) is 36.3 Å². The Labute approximate surface area is 125 Å². The number of amides is 1. The minimum absolute atomic E-state index is 0.0867. The number of ether oxygens (including phenoxy) is 1. The van der Waals surface area contributed by atoms with E-state index in [1.165, 1.54) is 11.8 Å². The van der Waals surface area contributed by atoms with Gasteiger partial charge in [0.1, 0.15) is 5.75 Å². The Balaban J connectivity index is 2.50. The van der Waals surface area contributed by atoms with E-state index in [4.69, 9.17) is 4.74 Å². The van der Waals surface area contributed by atoms with E-state index < -0.39 is 0 Å². The molecule has 1 aromatic carbocycles. The SMILES string of the molecule is C=CCN(CC=C)C(=O)CSc1ccc(OCC)cc1. The Hall–Kier alpha value is -1.68. The number of hydrogen-bond donors (Lipinski definition) is 0. The third-order valence-electron chi connectivity index (χ3n) is 2.55. The summed E-state index contributed by atoms with van der Waals surface area (Å²) in [5, 5.41) is 0. The van der Waals surface area contributed by atoms with Gasteiger partial charge >= 0.3 is 0 Å². The molecule has 0 aliphatic heterocycles. The maximum atomic E-state index is 12.1. The van der Waals surface area contributed by atoms with E-state index in [1.54, 1.807) is 17.1 Å². The lowest BCUT2D eigenvalue weighted by Crippen LogP contribution is -2.32. The molecule has 0 atom stereocenters. The normalized spacial score (nSPS) is 9.85. The van der Waals surface area contributed by atoms with Gasteiger partial charge in [0, 0.05) is 18.0 Å². The summed E-state index contributed by atoms with van der Waals surface area (Å²) in [6.45, 7) is 11.0. The quantitative estimate of drug-likeness (QED) is 0.516. The zero-order valence-corrected chi connectivity index (χ0v) is 12.7. The van der Waals surface area contributed by atoms with Crippen molar-refractivity contribution in [2.24, 2.45) is 0 Å². The van der Waals surface area contributed by atoms with Gasteiger partial charge in [-0.15, -0.1) is 24.9 Å². The summed E-state index contributed by atoms with van der Waals surface area (Å²) in [6.07, 6.45) is 3.45. The number of rotatable bonds is 9. The Morgan fingerprint density at radius 1 is 1.25 bits per heavy atom. The van der Waals surface area contributed by atoms with Crippen molar-refractivity contribution in [3.05, 3.63) is 49.6 Å². The predicted molar refractivity (Wildman–Crippen MR) is 85.3 cm³/mol. The van der Waals surface area contributed by atoms with E-state index in [2.05, 4.69) is 13.2 Å². The van der Waals surface area contributed by atoms with Crippen LogP contribution in [0.15, 0.2) is 54.5 Å². The first-order chi connectivity index (χ1) is 9.71. The maximum absolute atomic E-state index is 12.1. The summed E-state index contributed by atoms with van der Waals surface area (Å²) in [5.74, 6) is 1.35. The lowest BCUT2D eigenvalue weighted by molar-refractivity contribution is -0.127. The molecule has 0 unspecified atom stereocenters. The molecule has 0 fully saturated rings. The van der Waals surface area contributed by atoms with Crippen LogP contribution in [0.1, 0.15) is 6.92 Å². The fraction of sp³-hybridized carbons (Fsp3) is 0.312. The lowest BCUT2D eigenvalue weighted by Gasteiger charge is -2.18. The highest BCUT2D eigenvalue weighted by molar-refractivity contribution is 8.00.